The summed E-state index contributed by atoms with van der Waals surface area (Å²) < 4.78 is 0.774. The SMILES string of the molecule is C=CCN(Cc1ccc(Cl)s1)C(=O)CC1CC2CCC(C1)N2. The molecule has 2 aliphatic heterocycles. The van der Waals surface area contributed by atoms with Gasteiger partial charge in [-0.25, -0.2) is 0 Å². The number of piperidine rings is 1. The molecule has 0 radical (unpaired) electrons. The van der Waals surface area contributed by atoms with E-state index in [0.717, 1.165) is 22.1 Å². The number of carbonyl (C=O) groups excluding carboxylic acids is 1. The lowest BCUT2D eigenvalue weighted by Crippen LogP contribution is -2.40. The quantitative estimate of drug-likeness (QED) is 0.799. The van der Waals surface area contributed by atoms with Crippen LogP contribution in [-0.4, -0.2) is 29.4 Å². The second-order valence-corrected chi connectivity index (χ2v) is 8.25. The van der Waals surface area contributed by atoms with Gasteiger partial charge in [-0.05, 0) is 43.7 Å². The molecule has 3 heterocycles. The van der Waals surface area contributed by atoms with E-state index in [0.29, 0.717) is 37.5 Å². The third-order valence-corrected chi connectivity index (χ3v) is 5.93. The number of carbonyl (C=O) groups is 1. The van der Waals surface area contributed by atoms with Crippen LogP contribution in [-0.2, 0) is 11.3 Å². The number of rotatable bonds is 6. The molecule has 1 N–H and O–H groups in total. The van der Waals surface area contributed by atoms with Crippen LogP contribution in [0.4, 0.5) is 0 Å². The summed E-state index contributed by atoms with van der Waals surface area (Å²) in [7, 11) is 0. The van der Waals surface area contributed by atoms with Gasteiger partial charge in [-0.2, -0.15) is 0 Å². The molecule has 2 saturated heterocycles. The molecule has 5 heteroatoms. The molecule has 2 aliphatic rings. The van der Waals surface area contributed by atoms with Gasteiger partial charge in [0.2, 0.25) is 5.91 Å². The van der Waals surface area contributed by atoms with Gasteiger partial charge >= 0.3 is 0 Å². The lowest BCUT2D eigenvalue weighted by atomic mass is 9.89. The van der Waals surface area contributed by atoms with E-state index < -0.39 is 0 Å². The molecule has 1 aromatic rings. The van der Waals surface area contributed by atoms with Gasteiger partial charge in [0.05, 0.1) is 10.9 Å². The molecule has 22 heavy (non-hydrogen) atoms. The normalized spacial score (nSPS) is 26.9. The number of thiophene rings is 1. The van der Waals surface area contributed by atoms with E-state index in [-0.39, 0.29) is 5.91 Å². The monoisotopic (exact) mass is 338 g/mol. The highest BCUT2D eigenvalue weighted by molar-refractivity contribution is 7.16. The Kier molecular flexibility index (Phi) is 5.21. The molecule has 3 nitrogen and oxygen atoms in total. The molecule has 0 spiro atoms. The van der Waals surface area contributed by atoms with E-state index >= 15 is 0 Å². The van der Waals surface area contributed by atoms with Crippen LogP contribution < -0.4 is 5.32 Å². The van der Waals surface area contributed by atoms with Crippen molar-refractivity contribution in [2.75, 3.05) is 6.54 Å². The van der Waals surface area contributed by atoms with Gasteiger partial charge in [0, 0.05) is 29.9 Å². The maximum Gasteiger partial charge on any atom is 0.223 e. The Balaban J connectivity index is 1.58. The summed E-state index contributed by atoms with van der Waals surface area (Å²) in [5, 5.41) is 3.64. The number of amides is 1. The van der Waals surface area contributed by atoms with Gasteiger partial charge < -0.3 is 10.2 Å². The zero-order valence-corrected chi connectivity index (χ0v) is 14.3. The van der Waals surface area contributed by atoms with Crippen molar-refractivity contribution in [1.82, 2.24) is 10.2 Å². The topological polar surface area (TPSA) is 32.3 Å². The largest absolute Gasteiger partial charge is 0.334 e. The Labute approximate surface area is 141 Å². The molecule has 2 fully saturated rings. The first kappa shape index (κ1) is 16.0. The molecule has 2 atom stereocenters. The van der Waals surface area contributed by atoms with Crippen molar-refractivity contribution in [3.05, 3.63) is 34.0 Å². The lowest BCUT2D eigenvalue weighted by molar-refractivity contribution is -0.132. The Morgan fingerprint density at radius 3 is 2.73 bits per heavy atom. The van der Waals surface area contributed by atoms with E-state index in [4.69, 9.17) is 11.6 Å². The minimum Gasteiger partial charge on any atom is -0.334 e. The third kappa shape index (κ3) is 3.92. The van der Waals surface area contributed by atoms with Crippen molar-refractivity contribution < 1.29 is 4.79 Å². The number of nitrogens with one attached hydrogen (secondary N) is 1. The molecule has 3 rings (SSSR count). The van der Waals surface area contributed by atoms with Crippen LogP contribution >= 0.6 is 22.9 Å². The molecule has 1 aromatic heterocycles. The Bertz CT molecular complexity index is 533. The highest BCUT2D eigenvalue weighted by Crippen LogP contribution is 2.33. The molecular weight excluding hydrogens is 316 g/mol. The van der Waals surface area contributed by atoms with E-state index in [2.05, 4.69) is 11.9 Å². The lowest BCUT2D eigenvalue weighted by Gasteiger charge is -2.30. The second kappa shape index (κ2) is 7.16. The number of nitrogens with zero attached hydrogens (tertiary/aromatic N) is 1. The molecule has 0 aliphatic carbocycles. The Morgan fingerprint density at radius 1 is 1.41 bits per heavy atom. The summed E-state index contributed by atoms with van der Waals surface area (Å²) >= 11 is 7.53. The van der Waals surface area contributed by atoms with Crippen LogP contribution in [0.25, 0.3) is 0 Å². The van der Waals surface area contributed by atoms with Gasteiger partial charge in [-0.3, -0.25) is 4.79 Å². The first-order valence-corrected chi connectivity index (χ1v) is 9.22. The molecule has 0 saturated carbocycles. The van der Waals surface area contributed by atoms with Crippen molar-refractivity contribution >= 4 is 28.8 Å². The van der Waals surface area contributed by atoms with Gasteiger partial charge in [0.15, 0.2) is 0 Å². The maximum absolute atomic E-state index is 12.7. The fourth-order valence-electron chi connectivity index (χ4n) is 3.75. The minimum atomic E-state index is 0.246. The molecule has 0 aromatic carbocycles. The van der Waals surface area contributed by atoms with Crippen LogP contribution in [0.3, 0.4) is 0 Å². The van der Waals surface area contributed by atoms with Gasteiger partial charge in [0.1, 0.15) is 0 Å². The van der Waals surface area contributed by atoms with Gasteiger partial charge in [-0.1, -0.05) is 17.7 Å². The van der Waals surface area contributed by atoms with Crippen LogP contribution in [0, 0.1) is 5.92 Å². The average Bonchev–Trinajstić information content (AvgIpc) is 3.04. The summed E-state index contributed by atoms with van der Waals surface area (Å²) in [5.74, 6) is 0.779. The number of fused-ring (bicyclic) bond motifs is 2. The minimum absolute atomic E-state index is 0.246. The summed E-state index contributed by atoms with van der Waals surface area (Å²) in [4.78, 5) is 15.7. The first-order valence-electron chi connectivity index (χ1n) is 8.03. The maximum atomic E-state index is 12.7. The Morgan fingerprint density at radius 2 is 2.14 bits per heavy atom. The predicted molar refractivity (Wildman–Crippen MR) is 92.2 cm³/mol. The summed E-state index contributed by atoms with van der Waals surface area (Å²) in [6.07, 6.45) is 7.32. The summed E-state index contributed by atoms with van der Waals surface area (Å²) in [5.41, 5.74) is 0. The van der Waals surface area contributed by atoms with E-state index in [1.54, 1.807) is 17.4 Å². The van der Waals surface area contributed by atoms with Crippen molar-refractivity contribution in [2.45, 2.75) is 50.7 Å². The van der Waals surface area contributed by atoms with Gasteiger partial charge in [0.25, 0.3) is 0 Å². The first-order chi connectivity index (χ1) is 10.6. The highest BCUT2D eigenvalue weighted by atomic mass is 35.5. The van der Waals surface area contributed by atoms with Crippen molar-refractivity contribution in [3.63, 3.8) is 0 Å². The molecule has 120 valence electrons. The smallest absolute Gasteiger partial charge is 0.223 e. The predicted octanol–water partition coefficient (Wildman–Crippen LogP) is 3.84. The molecular formula is C17H23ClN2OS. The Hall–Kier alpha value is -0.840. The van der Waals surface area contributed by atoms with Crippen LogP contribution in [0.5, 0.6) is 0 Å². The number of halogens is 1. The fraction of sp³-hybridized carbons (Fsp3) is 0.588. The van der Waals surface area contributed by atoms with E-state index in [1.807, 2.05) is 17.0 Å². The van der Waals surface area contributed by atoms with Crippen LogP contribution in [0.15, 0.2) is 24.8 Å². The molecule has 2 unspecified atom stereocenters. The third-order valence-electron chi connectivity index (χ3n) is 4.71. The van der Waals surface area contributed by atoms with Gasteiger partial charge in [-0.15, -0.1) is 17.9 Å². The average molecular weight is 339 g/mol. The van der Waals surface area contributed by atoms with Crippen molar-refractivity contribution in [1.29, 1.82) is 0 Å². The van der Waals surface area contributed by atoms with E-state index in [1.165, 1.54) is 12.8 Å². The summed E-state index contributed by atoms with van der Waals surface area (Å²) in [6.45, 7) is 5.03. The van der Waals surface area contributed by atoms with Crippen LogP contribution in [0.2, 0.25) is 4.34 Å². The molecule has 1 amide bonds. The summed E-state index contributed by atoms with van der Waals surface area (Å²) in [6, 6.07) is 5.17. The zero-order chi connectivity index (χ0) is 15.5. The van der Waals surface area contributed by atoms with Crippen LogP contribution in [0.1, 0.15) is 37.0 Å². The second-order valence-electron chi connectivity index (χ2n) is 6.45. The number of hydrogen-bond acceptors (Lipinski definition) is 3. The van der Waals surface area contributed by atoms with Crippen molar-refractivity contribution in [3.8, 4) is 0 Å². The fourth-order valence-corrected chi connectivity index (χ4v) is 4.86. The van der Waals surface area contributed by atoms with Crippen molar-refractivity contribution in [2.24, 2.45) is 5.92 Å². The number of hydrogen-bond donors (Lipinski definition) is 1. The highest BCUT2D eigenvalue weighted by Gasteiger charge is 2.34. The van der Waals surface area contributed by atoms with E-state index in [9.17, 15) is 4.79 Å². The zero-order valence-electron chi connectivity index (χ0n) is 12.8. The molecule has 2 bridgehead atoms. The standard InChI is InChI=1S/C17H23ClN2OS/c1-2-7-20(11-15-5-6-16(18)22-15)17(21)10-12-8-13-3-4-14(9-12)19-13/h2,5-6,12-14,19H,1,3-4,7-11H2.